The van der Waals surface area contributed by atoms with E-state index in [2.05, 4.69) is 0 Å². The molecule has 0 heterocycles. The summed E-state index contributed by atoms with van der Waals surface area (Å²) in [6.07, 6.45) is -2.14. The summed E-state index contributed by atoms with van der Waals surface area (Å²) in [5.74, 6) is -8.37. The average molecular weight is 742 g/mol. The molecule has 0 rings (SSSR count). The van der Waals surface area contributed by atoms with E-state index >= 15 is 0 Å². The molecule has 0 saturated heterocycles. The molecule has 0 bridgehead atoms. The Balaban J connectivity index is 0. The zero-order valence-corrected chi connectivity index (χ0v) is 27.5. The maximum atomic E-state index is 13.2. The molecule has 0 spiro atoms. The lowest BCUT2D eigenvalue weighted by molar-refractivity contribution is -0.150. The van der Waals surface area contributed by atoms with Crippen molar-refractivity contribution in [2.24, 2.45) is 0 Å². The Kier molecular flexibility index (Phi) is 19.5. The molecule has 38 heavy (non-hydrogen) atoms. The number of halogens is 10. The Morgan fingerprint density at radius 1 is 0.447 bits per heavy atom. The Morgan fingerprint density at radius 2 is 0.632 bits per heavy atom. The first-order valence-corrected chi connectivity index (χ1v) is 17.5. The van der Waals surface area contributed by atoms with Crippen molar-refractivity contribution in [2.75, 3.05) is 39.6 Å². The van der Waals surface area contributed by atoms with Crippen molar-refractivity contribution >= 4 is 49.5 Å². The van der Waals surface area contributed by atoms with Crippen molar-refractivity contribution < 1.29 is 61.7 Å². The summed E-state index contributed by atoms with van der Waals surface area (Å²) < 4.78 is 136. The van der Waals surface area contributed by atoms with Gasteiger partial charge in [0.25, 0.3) is 0 Å². The zero-order valence-electron chi connectivity index (χ0n) is 22.3. The van der Waals surface area contributed by atoms with Crippen LogP contribution in [0.2, 0.25) is 12.1 Å². The van der Waals surface area contributed by atoms with Gasteiger partial charge in [-0.25, -0.2) is 0 Å². The molecule has 0 atom stereocenters. The Labute approximate surface area is 238 Å². The van der Waals surface area contributed by atoms with E-state index in [0.717, 1.165) is 0 Å². The summed E-state index contributed by atoms with van der Waals surface area (Å²) in [7, 11) is -6.64. The highest BCUT2D eigenvalue weighted by molar-refractivity contribution is 9.10. The van der Waals surface area contributed by atoms with Crippen molar-refractivity contribution in [2.45, 2.75) is 88.0 Å². The standard InChI is InChI=1S/2C10H19BrF4O3Si/c2*1-4-16-19(17-5-2,18-6-3)8-7-9(12,13)10(11,14)15/h2*4-8H2,1-3H3. The minimum Gasteiger partial charge on any atom is -0.374 e. The lowest BCUT2D eigenvalue weighted by Crippen LogP contribution is -2.48. The smallest absolute Gasteiger partial charge is 0.374 e. The molecule has 232 valence electrons. The molecule has 0 aromatic rings. The van der Waals surface area contributed by atoms with Gasteiger partial charge in [0.1, 0.15) is 0 Å². The van der Waals surface area contributed by atoms with Crippen LogP contribution in [0.5, 0.6) is 0 Å². The number of hydrogen-bond donors (Lipinski definition) is 0. The molecule has 0 amide bonds. The quantitative estimate of drug-likeness (QED) is 0.0715. The molecule has 0 N–H and O–H groups in total. The van der Waals surface area contributed by atoms with Crippen LogP contribution in [-0.2, 0) is 26.6 Å². The normalized spacial score (nSPS) is 13.9. The van der Waals surface area contributed by atoms with Gasteiger partial charge in [0.05, 0.1) is 0 Å². The van der Waals surface area contributed by atoms with Gasteiger partial charge in [-0.1, -0.05) is 0 Å². The molecule has 0 fully saturated rings. The van der Waals surface area contributed by atoms with Crippen LogP contribution in [0, 0.1) is 0 Å². The van der Waals surface area contributed by atoms with Gasteiger partial charge in [-0.2, -0.15) is 35.1 Å². The van der Waals surface area contributed by atoms with E-state index in [1.807, 2.05) is 0 Å². The number of rotatable bonds is 20. The van der Waals surface area contributed by atoms with Crippen LogP contribution < -0.4 is 0 Å². The predicted octanol–water partition coefficient (Wildman–Crippen LogP) is 8.10. The van der Waals surface area contributed by atoms with Crippen LogP contribution in [0.3, 0.4) is 0 Å². The van der Waals surface area contributed by atoms with Crippen molar-refractivity contribution in [3.63, 3.8) is 0 Å². The lowest BCUT2D eigenvalue weighted by Gasteiger charge is -2.30. The van der Waals surface area contributed by atoms with E-state index in [0.29, 0.717) is 0 Å². The van der Waals surface area contributed by atoms with Crippen LogP contribution in [0.25, 0.3) is 0 Å². The minimum absolute atomic E-state index is 0.211. The first-order valence-electron chi connectivity index (χ1n) is 12.0. The van der Waals surface area contributed by atoms with E-state index in [-0.39, 0.29) is 51.7 Å². The maximum Gasteiger partial charge on any atom is 0.501 e. The number of alkyl halides is 10. The highest BCUT2D eigenvalue weighted by Gasteiger charge is 2.57. The topological polar surface area (TPSA) is 55.4 Å². The fourth-order valence-electron chi connectivity index (χ4n) is 2.91. The van der Waals surface area contributed by atoms with Crippen LogP contribution in [0.4, 0.5) is 35.1 Å². The summed E-state index contributed by atoms with van der Waals surface area (Å²) in [6, 6.07) is -0.729. The van der Waals surface area contributed by atoms with Crippen LogP contribution in [0.15, 0.2) is 0 Å². The van der Waals surface area contributed by atoms with Gasteiger partial charge in [0, 0.05) is 64.6 Å². The zero-order chi connectivity index (χ0) is 30.3. The van der Waals surface area contributed by atoms with E-state index in [1.54, 1.807) is 73.4 Å². The predicted molar refractivity (Wildman–Crippen MR) is 138 cm³/mol. The van der Waals surface area contributed by atoms with Gasteiger partial charge in [0.2, 0.25) is 0 Å². The third kappa shape index (κ3) is 14.5. The Hall–Kier alpha value is 0.594. The van der Waals surface area contributed by atoms with Gasteiger partial charge in [-0.3, -0.25) is 0 Å². The maximum absolute atomic E-state index is 13.2. The van der Waals surface area contributed by atoms with Gasteiger partial charge in [0.15, 0.2) is 0 Å². The monoisotopic (exact) mass is 740 g/mol. The molecule has 0 unspecified atom stereocenters. The summed E-state index contributed by atoms with van der Waals surface area (Å²) >= 11 is 3.39. The first-order chi connectivity index (χ1) is 17.3. The fraction of sp³-hybridized carbons (Fsp3) is 1.00. The third-order valence-electron chi connectivity index (χ3n) is 4.51. The molecule has 0 radical (unpaired) electrons. The molecule has 18 heteroatoms. The van der Waals surface area contributed by atoms with Gasteiger partial charge in [-0.15, -0.1) is 0 Å². The molecular formula is C20H38Br2F8O6Si2. The number of hydrogen-bond acceptors (Lipinski definition) is 6. The van der Waals surface area contributed by atoms with Gasteiger partial charge < -0.3 is 26.6 Å². The molecule has 6 nitrogen and oxygen atoms in total. The second-order valence-corrected chi connectivity index (χ2v) is 14.8. The molecule has 0 aromatic heterocycles. The SMILES string of the molecule is CCO[Si](CCC(F)(F)C(F)(F)Br)(OCC)OCC.CCO[Si](CCC(F)(F)C(F)(F)Br)(OCC)OCC. The van der Waals surface area contributed by atoms with E-state index in [1.165, 1.54) is 0 Å². The third-order valence-corrected chi connectivity index (χ3v) is 11.8. The second kappa shape index (κ2) is 18.2. The van der Waals surface area contributed by atoms with E-state index < -0.39 is 52.0 Å². The highest BCUT2D eigenvalue weighted by Crippen LogP contribution is 2.44. The summed E-state index contributed by atoms with van der Waals surface area (Å²) in [5, 5.41) is 0. The van der Waals surface area contributed by atoms with Crippen molar-refractivity contribution in [1.29, 1.82) is 0 Å². The fourth-order valence-corrected chi connectivity index (χ4v) is 8.55. The molecule has 0 aromatic carbocycles. The van der Waals surface area contributed by atoms with E-state index in [9.17, 15) is 35.1 Å². The van der Waals surface area contributed by atoms with Crippen molar-refractivity contribution in [3.8, 4) is 0 Å². The van der Waals surface area contributed by atoms with E-state index in [4.69, 9.17) is 26.6 Å². The van der Waals surface area contributed by atoms with Crippen LogP contribution in [-0.4, -0.2) is 78.8 Å². The second-order valence-electron chi connectivity index (χ2n) is 7.37. The van der Waals surface area contributed by atoms with Crippen molar-refractivity contribution in [3.05, 3.63) is 0 Å². The lowest BCUT2D eigenvalue weighted by atomic mass is 10.3. The largest absolute Gasteiger partial charge is 0.501 e. The molecule has 0 aliphatic rings. The van der Waals surface area contributed by atoms with Crippen LogP contribution >= 0.6 is 31.9 Å². The van der Waals surface area contributed by atoms with Crippen molar-refractivity contribution in [1.82, 2.24) is 0 Å². The molecule has 0 saturated carbocycles. The van der Waals surface area contributed by atoms with Crippen LogP contribution in [0.1, 0.15) is 54.4 Å². The summed E-state index contributed by atoms with van der Waals surface area (Å²) in [4.78, 5) is -8.52. The first kappa shape index (κ1) is 40.7. The molecule has 0 aliphatic heterocycles. The van der Waals surface area contributed by atoms with Gasteiger partial charge in [-0.05, 0) is 73.4 Å². The summed E-state index contributed by atoms with van der Waals surface area (Å²) in [5.41, 5.74) is 0. The Bertz CT molecular complexity index is 545. The Morgan fingerprint density at radius 3 is 0.763 bits per heavy atom. The summed E-state index contributed by atoms with van der Waals surface area (Å²) in [6.45, 7) is 11.2. The average Bonchev–Trinajstić information content (AvgIpc) is 2.77. The minimum atomic E-state index is -4.26. The highest BCUT2D eigenvalue weighted by atomic mass is 79.9. The van der Waals surface area contributed by atoms with Gasteiger partial charge >= 0.3 is 39.1 Å². The molecule has 0 aliphatic carbocycles. The molecular weight excluding hydrogens is 704 g/mol.